The first-order valence-electron chi connectivity index (χ1n) is 6.88. The van der Waals surface area contributed by atoms with E-state index in [0.29, 0.717) is 24.1 Å². The third kappa shape index (κ3) is 2.99. The molecule has 1 aliphatic heterocycles. The zero-order valence-electron chi connectivity index (χ0n) is 12.8. The smallest absolute Gasteiger partial charge is 0.311 e. The van der Waals surface area contributed by atoms with Crippen molar-refractivity contribution in [1.29, 1.82) is 0 Å². The highest BCUT2D eigenvalue weighted by atomic mass is 32.2. The molecule has 0 radical (unpaired) electrons. The lowest BCUT2D eigenvalue weighted by Crippen LogP contribution is -2.35. The Kier molecular flexibility index (Phi) is 4.04. The molecule has 7 heteroatoms. The zero-order chi connectivity index (χ0) is 16.7. The number of nitrogens with zero attached hydrogens (tertiary/aromatic N) is 1. The van der Waals surface area contributed by atoms with Gasteiger partial charge in [0.1, 0.15) is 0 Å². The molecule has 1 saturated heterocycles. The SMILES string of the molecule is Cc1ccc(S(C)(=O)=O)cc1C(=O)N1CC[C@@](C)(C(=O)O)C1. The summed E-state index contributed by atoms with van der Waals surface area (Å²) in [6, 6.07) is 4.42. The minimum Gasteiger partial charge on any atom is -0.481 e. The van der Waals surface area contributed by atoms with E-state index in [9.17, 15) is 23.1 Å². The number of carbonyl (C=O) groups is 2. The van der Waals surface area contributed by atoms with Crippen LogP contribution in [0.2, 0.25) is 0 Å². The minimum atomic E-state index is -3.40. The lowest BCUT2D eigenvalue weighted by atomic mass is 9.90. The molecular formula is C15H19NO5S. The molecule has 0 unspecified atom stereocenters. The van der Waals surface area contributed by atoms with E-state index in [2.05, 4.69) is 0 Å². The van der Waals surface area contributed by atoms with Crippen molar-refractivity contribution in [3.63, 3.8) is 0 Å². The van der Waals surface area contributed by atoms with Crippen LogP contribution in [0.15, 0.2) is 23.1 Å². The maximum absolute atomic E-state index is 12.6. The third-order valence-electron chi connectivity index (χ3n) is 4.14. The summed E-state index contributed by atoms with van der Waals surface area (Å²) >= 11 is 0. The first-order chi connectivity index (χ1) is 10.0. The van der Waals surface area contributed by atoms with E-state index < -0.39 is 21.2 Å². The molecule has 2 rings (SSSR count). The highest BCUT2D eigenvalue weighted by Crippen LogP contribution is 2.31. The number of likely N-dealkylation sites (tertiary alicyclic amines) is 1. The van der Waals surface area contributed by atoms with Crippen molar-refractivity contribution < 1.29 is 23.1 Å². The van der Waals surface area contributed by atoms with Gasteiger partial charge in [-0.05, 0) is 38.0 Å². The number of carboxylic acid groups (broad SMARTS) is 1. The zero-order valence-corrected chi connectivity index (χ0v) is 13.6. The second kappa shape index (κ2) is 5.39. The molecule has 0 saturated carbocycles. The Bertz CT molecular complexity index is 740. The van der Waals surface area contributed by atoms with E-state index in [1.54, 1.807) is 19.9 Å². The van der Waals surface area contributed by atoms with Crippen molar-refractivity contribution >= 4 is 21.7 Å². The number of carbonyl (C=O) groups excluding carboxylic acids is 1. The van der Waals surface area contributed by atoms with Crippen LogP contribution in [-0.2, 0) is 14.6 Å². The summed E-state index contributed by atoms with van der Waals surface area (Å²) in [7, 11) is -3.40. The number of hydrogen-bond acceptors (Lipinski definition) is 4. The summed E-state index contributed by atoms with van der Waals surface area (Å²) in [5.41, 5.74) is 0.0248. The summed E-state index contributed by atoms with van der Waals surface area (Å²) in [6.45, 7) is 3.82. The van der Waals surface area contributed by atoms with Crippen molar-refractivity contribution in [1.82, 2.24) is 4.90 Å². The van der Waals surface area contributed by atoms with Gasteiger partial charge in [-0.25, -0.2) is 8.42 Å². The predicted octanol–water partition coefficient (Wildman–Crippen LogP) is 1.34. The van der Waals surface area contributed by atoms with Crippen LogP contribution < -0.4 is 0 Å². The molecule has 0 bridgehead atoms. The van der Waals surface area contributed by atoms with Crippen LogP contribution >= 0.6 is 0 Å². The lowest BCUT2D eigenvalue weighted by molar-refractivity contribution is -0.147. The molecule has 6 nitrogen and oxygen atoms in total. The number of amides is 1. The van der Waals surface area contributed by atoms with Crippen LogP contribution in [0.5, 0.6) is 0 Å². The van der Waals surface area contributed by atoms with Gasteiger partial charge in [0.15, 0.2) is 9.84 Å². The van der Waals surface area contributed by atoms with Crippen LogP contribution in [0.3, 0.4) is 0 Å². The number of carboxylic acids is 1. The van der Waals surface area contributed by atoms with Crippen LogP contribution in [-0.4, -0.2) is 49.6 Å². The first-order valence-corrected chi connectivity index (χ1v) is 8.77. The fraction of sp³-hybridized carbons (Fsp3) is 0.467. The van der Waals surface area contributed by atoms with Gasteiger partial charge in [-0.2, -0.15) is 0 Å². The third-order valence-corrected chi connectivity index (χ3v) is 5.25. The molecule has 22 heavy (non-hydrogen) atoms. The first kappa shape index (κ1) is 16.5. The van der Waals surface area contributed by atoms with Crippen LogP contribution in [0.4, 0.5) is 0 Å². The molecule has 1 aromatic rings. The topological polar surface area (TPSA) is 91.8 Å². The van der Waals surface area contributed by atoms with Crippen molar-refractivity contribution in [2.24, 2.45) is 5.41 Å². The summed E-state index contributed by atoms with van der Waals surface area (Å²) in [6.07, 6.45) is 1.47. The Morgan fingerprint density at radius 2 is 1.95 bits per heavy atom. The average molecular weight is 325 g/mol. The van der Waals surface area contributed by atoms with E-state index in [1.165, 1.54) is 17.0 Å². The number of benzene rings is 1. The van der Waals surface area contributed by atoms with Gasteiger partial charge in [-0.1, -0.05) is 6.07 Å². The van der Waals surface area contributed by atoms with E-state index in [4.69, 9.17) is 0 Å². The number of rotatable bonds is 3. The fourth-order valence-corrected chi connectivity index (χ4v) is 3.19. The van der Waals surface area contributed by atoms with Gasteiger partial charge >= 0.3 is 5.97 Å². The number of aliphatic carboxylic acids is 1. The lowest BCUT2D eigenvalue weighted by Gasteiger charge is -2.21. The number of hydrogen-bond donors (Lipinski definition) is 1. The summed E-state index contributed by atoms with van der Waals surface area (Å²) in [5, 5.41) is 9.23. The van der Waals surface area contributed by atoms with Gasteiger partial charge in [0.25, 0.3) is 5.91 Å². The van der Waals surface area contributed by atoms with Crippen LogP contribution in [0.1, 0.15) is 29.3 Å². The molecule has 0 aromatic heterocycles. The van der Waals surface area contributed by atoms with Crippen LogP contribution in [0.25, 0.3) is 0 Å². The highest BCUT2D eigenvalue weighted by Gasteiger charge is 2.42. The van der Waals surface area contributed by atoms with Gasteiger partial charge in [0.2, 0.25) is 0 Å². The maximum atomic E-state index is 12.6. The van der Waals surface area contributed by atoms with Crippen molar-refractivity contribution in [2.75, 3.05) is 19.3 Å². The van der Waals surface area contributed by atoms with Crippen molar-refractivity contribution in [2.45, 2.75) is 25.2 Å². The highest BCUT2D eigenvalue weighted by molar-refractivity contribution is 7.90. The second-order valence-corrected chi connectivity index (χ2v) is 8.11. The predicted molar refractivity (Wildman–Crippen MR) is 80.6 cm³/mol. The molecule has 1 aromatic carbocycles. The molecule has 1 aliphatic rings. The molecule has 0 spiro atoms. The Balaban J connectivity index is 2.33. The van der Waals surface area contributed by atoms with Gasteiger partial charge in [0.05, 0.1) is 10.3 Å². The van der Waals surface area contributed by atoms with E-state index in [1.807, 2.05) is 0 Å². The number of sulfone groups is 1. The molecule has 1 N–H and O–H groups in total. The second-order valence-electron chi connectivity index (χ2n) is 6.09. The Labute approximate surface area is 129 Å². The molecule has 120 valence electrons. The molecule has 1 atom stereocenters. The van der Waals surface area contributed by atoms with Gasteiger partial charge < -0.3 is 10.0 Å². The fourth-order valence-electron chi connectivity index (χ4n) is 2.54. The monoisotopic (exact) mass is 325 g/mol. The van der Waals surface area contributed by atoms with Gasteiger partial charge in [-0.15, -0.1) is 0 Å². The molecule has 0 aliphatic carbocycles. The molecular weight excluding hydrogens is 306 g/mol. The van der Waals surface area contributed by atoms with Crippen molar-refractivity contribution in [3.8, 4) is 0 Å². The maximum Gasteiger partial charge on any atom is 0.311 e. The normalized spacial score (nSPS) is 21.9. The minimum absolute atomic E-state index is 0.0849. The van der Waals surface area contributed by atoms with E-state index >= 15 is 0 Å². The summed E-state index contributed by atoms with van der Waals surface area (Å²) in [4.78, 5) is 25.4. The van der Waals surface area contributed by atoms with Crippen molar-refractivity contribution in [3.05, 3.63) is 29.3 Å². The number of aryl methyl sites for hydroxylation is 1. The van der Waals surface area contributed by atoms with Gasteiger partial charge in [0, 0.05) is 24.9 Å². The Hall–Kier alpha value is -1.89. The molecule has 1 fully saturated rings. The quantitative estimate of drug-likeness (QED) is 0.905. The standard InChI is InChI=1S/C15H19NO5S/c1-10-4-5-11(22(3,20)21)8-12(10)13(17)16-7-6-15(2,9-16)14(18)19/h4-5,8H,6-7,9H2,1-3H3,(H,18,19)/t15-/m1/s1. The van der Waals surface area contributed by atoms with Crippen LogP contribution in [0, 0.1) is 12.3 Å². The Morgan fingerprint density at radius 1 is 1.32 bits per heavy atom. The molecule has 1 heterocycles. The average Bonchev–Trinajstić information content (AvgIpc) is 2.81. The van der Waals surface area contributed by atoms with Gasteiger partial charge in [-0.3, -0.25) is 9.59 Å². The summed E-state index contributed by atoms with van der Waals surface area (Å²) in [5.74, 6) is -1.25. The van der Waals surface area contributed by atoms with E-state index in [0.717, 1.165) is 6.26 Å². The largest absolute Gasteiger partial charge is 0.481 e. The summed E-state index contributed by atoms with van der Waals surface area (Å²) < 4.78 is 23.3. The van der Waals surface area contributed by atoms with E-state index in [-0.39, 0.29) is 17.3 Å². The molecule has 1 amide bonds. The Morgan fingerprint density at radius 3 is 2.45 bits per heavy atom.